The molecule has 2 aliphatic rings. The van der Waals surface area contributed by atoms with Crippen LogP contribution in [0.2, 0.25) is 0 Å². The van der Waals surface area contributed by atoms with E-state index in [0.29, 0.717) is 16.8 Å². The molecular weight excluding hydrogens is 290 g/mol. The van der Waals surface area contributed by atoms with Crippen molar-refractivity contribution in [3.63, 3.8) is 0 Å². The van der Waals surface area contributed by atoms with Crippen molar-refractivity contribution in [3.8, 4) is 0 Å². The van der Waals surface area contributed by atoms with Crippen LogP contribution in [0.5, 0.6) is 0 Å². The van der Waals surface area contributed by atoms with Crippen molar-refractivity contribution in [1.82, 2.24) is 4.90 Å². The standard InChI is InChI=1S/C19H21NO3/c1-12-8-4-5-9-13(12)16(19(2,3)23)20-17(21)14-10-6-7-11-15(14)18(20)22/h6-7,10-11,23H,1,4-5,8-9H2,2-3H3/b16-13+. The maximum Gasteiger partial charge on any atom is 0.265 e. The Morgan fingerprint density at radius 2 is 1.61 bits per heavy atom. The number of carbonyl (C=O) groups excluding carboxylic acids is 2. The molecule has 0 spiro atoms. The summed E-state index contributed by atoms with van der Waals surface area (Å²) in [5, 5.41) is 10.7. The second-order valence-corrected chi connectivity index (χ2v) is 6.69. The molecule has 0 radical (unpaired) electrons. The van der Waals surface area contributed by atoms with Crippen LogP contribution in [0.4, 0.5) is 0 Å². The normalized spacial score (nSPS) is 20.8. The number of carbonyl (C=O) groups is 2. The van der Waals surface area contributed by atoms with Gasteiger partial charge in [-0.3, -0.25) is 9.59 Å². The number of amides is 2. The Kier molecular flexibility index (Phi) is 3.72. The molecule has 0 bridgehead atoms. The van der Waals surface area contributed by atoms with Crippen LogP contribution in [0.1, 0.15) is 60.2 Å². The minimum Gasteiger partial charge on any atom is -0.384 e. The quantitative estimate of drug-likeness (QED) is 0.851. The Balaban J connectivity index is 2.17. The summed E-state index contributed by atoms with van der Waals surface area (Å²) in [7, 11) is 0. The largest absolute Gasteiger partial charge is 0.384 e. The number of hydrogen-bond donors (Lipinski definition) is 1. The minimum atomic E-state index is -1.30. The van der Waals surface area contributed by atoms with Crippen molar-refractivity contribution < 1.29 is 14.7 Å². The van der Waals surface area contributed by atoms with Crippen molar-refractivity contribution in [2.75, 3.05) is 0 Å². The van der Waals surface area contributed by atoms with Crippen molar-refractivity contribution in [2.24, 2.45) is 0 Å². The average Bonchev–Trinajstić information content (AvgIpc) is 2.74. The Morgan fingerprint density at radius 1 is 1.09 bits per heavy atom. The van der Waals surface area contributed by atoms with Crippen LogP contribution in [-0.2, 0) is 0 Å². The molecule has 0 aromatic heterocycles. The molecule has 1 heterocycles. The molecule has 4 heteroatoms. The van der Waals surface area contributed by atoms with E-state index >= 15 is 0 Å². The zero-order valence-electron chi connectivity index (χ0n) is 13.6. The first-order valence-electron chi connectivity index (χ1n) is 7.94. The molecule has 23 heavy (non-hydrogen) atoms. The monoisotopic (exact) mass is 311 g/mol. The molecule has 0 atom stereocenters. The van der Waals surface area contributed by atoms with Gasteiger partial charge in [-0.2, -0.15) is 0 Å². The number of aliphatic hydroxyl groups is 1. The highest BCUT2D eigenvalue weighted by Crippen LogP contribution is 2.38. The van der Waals surface area contributed by atoms with Gasteiger partial charge in [0.15, 0.2) is 0 Å². The lowest BCUT2D eigenvalue weighted by atomic mass is 9.85. The molecular formula is C19H21NO3. The molecule has 1 saturated carbocycles. The van der Waals surface area contributed by atoms with E-state index in [1.165, 1.54) is 0 Å². The van der Waals surface area contributed by atoms with E-state index < -0.39 is 5.60 Å². The van der Waals surface area contributed by atoms with E-state index in [0.717, 1.165) is 41.7 Å². The van der Waals surface area contributed by atoms with Crippen molar-refractivity contribution in [3.05, 3.63) is 58.8 Å². The lowest BCUT2D eigenvalue weighted by molar-refractivity contribution is 0.0516. The maximum absolute atomic E-state index is 12.8. The van der Waals surface area contributed by atoms with E-state index in [1.54, 1.807) is 38.1 Å². The van der Waals surface area contributed by atoms with Crippen molar-refractivity contribution >= 4 is 11.8 Å². The predicted molar refractivity (Wildman–Crippen MR) is 87.9 cm³/mol. The molecule has 0 saturated heterocycles. The van der Waals surface area contributed by atoms with E-state index in [9.17, 15) is 14.7 Å². The van der Waals surface area contributed by atoms with Crippen LogP contribution in [0.25, 0.3) is 0 Å². The highest BCUT2D eigenvalue weighted by atomic mass is 16.3. The topological polar surface area (TPSA) is 57.6 Å². The molecule has 1 aliphatic heterocycles. The fraction of sp³-hybridized carbons (Fsp3) is 0.368. The van der Waals surface area contributed by atoms with Crippen molar-refractivity contribution in [1.29, 1.82) is 0 Å². The molecule has 120 valence electrons. The van der Waals surface area contributed by atoms with Gasteiger partial charge in [-0.05, 0) is 57.2 Å². The summed E-state index contributed by atoms with van der Waals surface area (Å²) >= 11 is 0. The van der Waals surface area contributed by atoms with Gasteiger partial charge in [0.25, 0.3) is 11.8 Å². The fourth-order valence-electron chi connectivity index (χ4n) is 3.42. The molecule has 4 nitrogen and oxygen atoms in total. The number of imide groups is 1. The third kappa shape index (κ3) is 2.53. The summed E-state index contributed by atoms with van der Waals surface area (Å²) in [6, 6.07) is 6.78. The Bertz CT molecular complexity index is 702. The molecule has 2 amide bonds. The van der Waals surface area contributed by atoms with Gasteiger partial charge in [0.05, 0.1) is 22.4 Å². The van der Waals surface area contributed by atoms with Crippen LogP contribution < -0.4 is 0 Å². The summed E-state index contributed by atoms with van der Waals surface area (Å²) < 4.78 is 0. The van der Waals surface area contributed by atoms with Gasteiger partial charge < -0.3 is 5.11 Å². The van der Waals surface area contributed by atoms with Gasteiger partial charge >= 0.3 is 0 Å². The van der Waals surface area contributed by atoms with Gasteiger partial charge in [0.2, 0.25) is 0 Å². The van der Waals surface area contributed by atoms with Crippen LogP contribution in [0.3, 0.4) is 0 Å². The molecule has 1 fully saturated rings. The first kappa shape index (κ1) is 15.7. The Labute approximate surface area is 136 Å². The molecule has 3 rings (SSSR count). The third-order valence-electron chi connectivity index (χ3n) is 4.47. The lowest BCUT2D eigenvalue weighted by Gasteiger charge is -2.33. The first-order chi connectivity index (χ1) is 10.8. The first-order valence-corrected chi connectivity index (χ1v) is 7.94. The highest BCUT2D eigenvalue weighted by molar-refractivity contribution is 6.22. The zero-order chi connectivity index (χ0) is 16.8. The fourth-order valence-corrected chi connectivity index (χ4v) is 3.42. The van der Waals surface area contributed by atoms with Crippen molar-refractivity contribution in [2.45, 2.75) is 45.1 Å². The molecule has 1 aromatic carbocycles. The van der Waals surface area contributed by atoms with E-state index in [-0.39, 0.29) is 11.8 Å². The summed E-state index contributed by atoms with van der Waals surface area (Å²) in [5.41, 5.74) is 1.61. The van der Waals surface area contributed by atoms with Gasteiger partial charge in [0, 0.05) is 0 Å². The molecule has 1 aromatic rings. The summed E-state index contributed by atoms with van der Waals surface area (Å²) in [4.78, 5) is 26.7. The van der Waals surface area contributed by atoms with E-state index in [4.69, 9.17) is 0 Å². The number of hydrogen-bond acceptors (Lipinski definition) is 3. The van der Waals surface area contributed by atoms with Crippen LogP contribution >= 0.6 is 0 Å². The average molecular weight is 311 g/mol. The second-order valence-electron chi connectivity index (χ2n) is 6.69. The highest BCUT2D eigenvalue weighted by Gasteiger charge is 2.43. The predicted octanol–water partition coefficient (Wildman–Crippen LogP) is 3.44. The number of fused-ring (bicyclic) bond motifs is 1. The maximum atomic E-state index is 12.8. The number of allylic oxidation sites excluding steroid dienone is 2. The Morgan fingerprint density at radius 3 is 2.09 bits per heavy atom. The van der Waals surface area contributed by atoms with Gasteiger partial charge in [-0.15, -0.1) is 0 Å². The van der Waals surface area contributed by atoms with Gasteiger partial charge in [0.1, 0.15) is 0 Å². The minimum absolute atomic E-state index is 0.367. The number of nitrogens with zero attached hydrogens (tertiary/aromatic N) is 1. The van der Waals surface area contributed by atoms with Crippen LogP contribution in [-0.4, -0.2) is 27.4 Å². The SMILES string of the molecule is C=C1CCCC/C1=C(\N1C(=O)c2ccccc2C1=O)C(C)(C)O. The zero-order valence-corrected chi connectivity index (χ0v) is 13.6. The molecule has 1 aliphatic carbocycles. The third-order valence-corrected chi connectivity index (χ3v) is 4.47. The van der Waals surface area contributed by atoms with Crippen LogP contribution in [0, 0.1) is 0 Å². The van der Waals surface area contributed by atoms with E-state index in [1.807, 2.05) is 0 Å². The number of benzene rings is 1. The van der Waals surface area contributed by atoms with Gasteiger partial charge in [-0.25, -0.2) is 4.90 Å². The second kappa shape index (κ2) is 5.46. The summed E-state index contributed by atoms with van der Waals surface area (Å²) in [6.07, 6.45) is 3.57. The molecule has 1 N–H and O–H groups in total. The summed E-state index contributed by atoms with van der Waals surface area (Å²) in [6.45, 7) is 7.31. The Hall–Kier alpha value is -2.20. The molecule has 0 unspecified atom stereocenters. The summed E-state index contributed by atoms with van der Waals surface area (Å²) in [5.74, 6) is -0.734. The smallest absolute Gasteiger partial charge is 0.265 e. The van der Waals surface area contributed by atoms with Gasteiger partial charge in [-0.1, -0.05) is 24.3 Å². The van der Waals surface area contributed by atoms with Crippen LogP contribution in [0.15, 0.2) is 47.7 Å². The number of rotatable bonds is 2. The van der Waals surface area contributed by atoms with E-state index in [2.05, 4.69) is 6.58 Å². The lowest BCUT2D eigenvalue weighted by Crippen LogP contribution is -2.41.